The molecule has 1 aromatic heterocycles. The second kappa shape index (κ2) is 6.88. The summed E-state index contributed by atoms with van der Waals surface area (Å²) in [6, 6.07) is 9.71. The largest absolute Gasteiger partial charge is 0.467 e. The van der Waals surface area contributed by atoms with Crippen molar-refractivity contribution >= 4 is 17.5 Å². The van der Waals surface area contributed by atoms with E-state index in [2.05, 4.69) is 5.32 Å². The van der Waals surface area contributed by atoms with E-state index in [0.717, 1.165) is 24.2 Å². The molecule has 3 rings (SSSR count). The van der Waals surface area contributed by atoms with Crippen molar-refractivity contribution in [3.63, 3.8) is 0 Å². The fourth-order valence-corrected chi connectivity index (χ4v) is 2.86. The summed E-state index contributed by atoms with van der Waals surface area (Å²) in [5.41, 5.74) is 7.61. The maximum atomic E-state index is 11.9. The Morgan fingerprint density at radius 3 is 2.92 bits per heavy atom. The fourth-order valence-electron chi connectivity index (χ4n) is 2.86. The molecular formula is C18H21N3O3. The van der Waals surface area contributed by atoms with Gasteiger partial charge in [0, 0.05) is 24.7 Å². The van der Waals surface area contributed by atoms with Gasteiger partial charge in [0.1, 0.15) is 12.0 Å². The van der Waals surface area contributed by atoms with Crippen LogP contribution < -0.4 is 16.0 Å². The molecule has 1 unspecified atom stereocenters. The lowest BCUT2D eigenvalue weighted by atomic mass is 10.1. The number of nitrogens with zero attached hydrogens (tertiary/aromatic N) is 1. The Morgan fingerprint density at radius 2 is 2.25 bits per heavy atom. The number of hydrogen-bond donors (Lipinski definition) is 2. The third-order valence-corrected chi connectivity index (χ3v) is 4.28. The van der Waals surface area contributed by atoms with E-state index in [-0.39, 0.29) is 11.9 Å². The molecule has 0 radical (unpaired) electrons. The van der Waals surface area contributed by atoms with Crippen LogP contribution in [0, 0.1) is 0 Å². The number of primary amides is 1. The number of benzene rings is 1. The van der Waals surface area contributed by atoms with Gasteiger partial charge in [0.05, 0.1) is 12.1 Å². The topological polar surface area (TPSA) is 88.6 Å². The lowest BCUT2D eigenvalue weighted by molar-refractivity contribution is -0.117. The first kappa shape index (κ1) is 16.3. The minimum absolute atomic E-state index is 0.0739. The summed E-state index contributed by atoms with van der Waals surface area (Å²) >= 11 is 0. The molecule has 6 nitrogen and oxygen atoms in total. The number of nitrogens with one attached hydrogen (secondary N) is 1. The van der Waals surface area contributed by atoms with Crippen LogP contribution in [-0.2, 0) is 11.3 Å². The van der Waals surface area contributed by atoms with Gasteiger partial charge in [0.25, 0.3) is 5.91 Å². The monoisotopic (exact) mass is 327 g/mol. The Morgan fingerprint density at radius 1 is 1.42 bits per heavy atom. The summed E-state index contributed by atoms with van der Waals surface area (Å²) in [5, 5.41) is 3.35. The lowest BCUT2D eigenvalue weighted by Gasteiger charge is -2.19. The van der Waals surface area contributed by atoms with Crippen molar-refractivity contribution < 1.29 is 14.0 Å². The fraction of sp³-hybridized carbons (Fsp3) is 0.333. The van der Waals surface area contributed by atoms with Crippen LogP contribution in [0.5, 0.6) is 0 Å². The molecule has 2 aromatic rings. The van der Waals surface area contributed by atoms with Crippen LogP contribution in [0.1, 0.15) is 47.5 Å². The van der Waals surface area contributed by atoms with Gasteiger partial charge >= 0.3 is 0 Å². The summed E-state index contributed by atoms with van der Waals surface area (Å²) in [5.74, 6) is 0.338. The molecule has 3 N–H and O–H groups in total. The van der Waals surface area contributed by atoms with E-state index in [4.69, 9.17) is 10.2 Å². The van der Waals surface area contributed by atoms with Crippen molar-refractivity contribution in [3.05, 3.63) is 53.5 Å². The van der Waals surface area contributed by atoms with Crippen molar-refractivity contribution in [1.29, 1.82) is 0 Å². The van der Waals surface area contributed by atoms with Crippen molar-refractivity contribution in [1.82, 2.24) is 5.32 Å². The van der Waals surface area contributed by atoms with E-state index in [1.54, 1.807) is 6.07 Å². The van der Waals surface area contributed by atoms with Crippen molar-refractivity contribution in [2.75, 3.05) is 11.4 Å². The normalized spacial score (nSPS) is 15.7. The number of nitrogens with two attached hydrogens (primary N) is 1. The standard InChI is InChI=1S/C18H21N3O3/c1-12(20-10-16-9-14(11-24-16)18(19)23)13-4-2-5-15(8-13)21-7-3-6-17(21)22/h2,4-5,8-9,11-12,20H,3,6-7,10H2,1H3,(H2,19,23). The van der Waals surface area contributed by atoms with Crippen LogP contribution in [0.2, 0.25) is 0 Å². The summed E-state index contributed by atoms with van der Waals surface area (Å²) in [6.07, 6.45) is 2.90. The summed E-state index contributed by atoms with van der Waals surface area (Å²) in [4.78, 5) is 24.8. The highest BCUT2D eigenvalue weighted by atomic mass is 16.3. The number of rotatable bonds is 6. The second-order valence-electron chi connectivity index (χ2n) is 6.01. The lowest BCUT2D eigenvalue weighted by Crippen LogP contribution is -2.24. The number of amides is 2. The van der Waals surface area contributed by atoms with E-state index in [1.165, 1.54) is 6.26 Å². The number of furan rings is 1. The number of anilines is 1. The average molecular weight is 327 g/mol. The highest BCUT2D eigenvalue weighted by Crippen LogP contribution is 2.25. The van der Waals surface area contributed by atoms with Gasteiger partial charge in [-0.1, -0.05) is 12.1 Å². The minimum atomic E-state index is -0.499. The Balaban J connectivity index is 1.65. The van der Waals surface area contributed by atoms with E-state index in [0.29, 0.717) is 24.3 Å². The maximum Gasteiger partial charge on any atom is 0.251 e. The highest BCUT2D eigenvalue weighted by molar-refractivity contribution is 5.95. The molecular weight excluding hydrogens is 306 g/mol. The van der Waals surface area contributed by atoms with E-state index >= 15 is 0 Å². The quantitative estimate of drug-likeness (QED) is 0.852. The summed E-state index contributed by atoms with van der Waals surface area (Å²) in [7, 11) is 0. The first-order chi connectivity index (χ1) is 11.5. The Kier molecular flexibility index (Phi) is 4.66. The van der Waals surface area contributed by atoms with E-state index in [9.17, 15) is 9.59 Å². The van der Waals surface area contributed by atoms with Crippen LogP contribution in [-0.4, -0.2) is 18.4 Å². The second-order valence-corrected chi connectivity index (χ2v) is 6.01. The smallest absolute Gasteiger partial charge is 0.251 e. The molecule has 1 fully saturated rings. The molecule has 0 spiro atoms. The van der Waals surface area contributed by atoms with E-state index < -0.39 is 5.91 Å². The zero-order valence-corrected chi connectivity index (χ0v) is 13.6. The van der Waals surface area contributed by atoms with Crippen molar-refractivity contribution in [2.24, 2.45) is 5.73 Å². The van der Waals surface area contributed by atoms with Crippen LogP contribution in [0.25, 0.3) is 0 Å². The zero-order chi connectivity index (χ0) is 17.1. The minimum Gasteiger partial charge on any atom is -0.467 e. The predicted octanol–water partition coefficient (Wildman–Crippen LogP) is 2.36. The van der Waals surface area contributed by atoms with Gasteiger partial charge in [-0.05, 0) is 37.1 Å². The maximum absolute atomic E-state index is 11.9. The van der Waals surface area contributed by atoms with Crippen molar-refractivity contribution in [3.8, 4) is 0 Å². The zero-order valence-electron chi connectivity index (χ0n) is 13.6. The first-order valence-corrected chi connectivity index (χ1v) is 8.05. The molecule has 2 heterocycles. The van der Waals surface area contributed by atoms with Gasteiger partial charge < -0.3 is 20.4 Å². The number of carbonyl (C=O) groups excluding carboxylic acids is 2. The average Bonchev–Trinajstić information content (AvgIpc) is 3.21. The molecule has 1 aliphatic rings. The van der Waals surface area contributed by atoms with Gasteiger partial charge in [-0.3, -0.25) is 9.59 Å². The molecule has 0 aliphatic carbocycles. The molecule has 1 aromatic carbocycles. The van der Waals surface area contributed by atoms with Crippen molar-refractivity contribution in [2.45, 2.75) is 32.4 Å². The summed E-state index contributed by atoms with van der Waals surface area (Å²) in [6.45, 7) is 3.32. The SMILES string of the molecule is CC(NCc1cc(C(N)=O)co1)c1cccc(N2CCCC2=O)c1. The molecule has 24 heavy (non-hydrogen) atoms. The summed E-state index contributed by atoms with van der Waals surface area (Å²) < 4.78 is 5.32. The molecule has 0 saturated carbocycles. The Labute approximate surface area is 140 Å². The van der Waals surface area contributed by atoms with Gasteiger partial charge in [-0.2, -0.15) is 0 Å². The highest BCUT2D eigenvalue weighted by Gasteiger charge is 2.22. The first-order valence-electron chi connectivity index (χ1n) is 8.05. The molecule has 1 atom stereocenters. The third kappa shape index (κ3) is 3.49. The number of hydrogen-bond acceptors (Lipinski definition) is 4. The molecule has 0 bridgehead atoms. The molecule has 126 valence electrons. The Hall–Kier alpha value is -2.60. The number of carbonyl (C=O) groups is 2. The van der Waals surface area contributed by atoms with Gasteiger partial charge in [-0.25, -0.2) is 0 Å². The van der Waals surface area contributed by atoms with E-state index in [1.807, 2.05) is 36.1 Å². The van der Waals surface area contributed by atoms with Gasteiger partial charge in [0.15, 0.2) is 0 Å². The van der Waals surface area contributed by atoms with Crippen LogP contribution in [0.4, 0.5) is 5.69 Å². The van der Waals surface area contributed by atoms with Crippen LogP contribution in [0.3, 0.4) is 0 Å². The molecule has 1 saturated heterocycles. The molecule has 6 heteroatoms. The predicted molar refractivity (Wildman–Crippen MR) is 90.5 cm³/mol. The van der Waals surface area contributed by atoms with Crippen LogP contribution in [0.15, 0.2) is 41.0 Å². The molecule has 2 amide bonds. The third-order valence-electron chi connectivity index (χ3n) is 4.28. The van der Waals surface area contributed by atoms with Gasteiger partial charge in [-0.15, -0.1) is 0 Å². The van der Waals surface area contributed by atoms with Crippen LogP contribution >= 0.6 is 0 Å². The Bertz CT molecular complexity index is 753. The van der Waals surface area contributed by atoms with Gasteiger partial charge in [0.2, 0.25) is 5.91 Å². The molecule has 1 aliphatic heterocycles.